The van der Waals surface area contributed by atoms with Gasteiger partial charge in [-0.3, -0.25) is 0 Å². The Balaban J connectivity index is 1.70. The van der Waals surface area contributed by atoms with E-state index in [0.717, 1.165) is 11.5 Å². The lowest BCUT2D eigenvalue weighted by Crippen LogP contribution is -2.08. The quantitative estimate of drug-likeness (QED) is 0.711. The third kappa shape index (κ3) is 3.31. The van der Waals surface area contributed by atoms with Gasteiger partial charge in [-0.05, 0) is 18.2 Å². The number of benzene rings is 2. The molecule has 2 aromatic rings. The van der Waals surface area contributed by atoms with Crippen molar-refractivity contribution in [3.63, 3.8) is 0 Å². The van der Waals surface area contributed by atoms with E-state index in [2.05, 4.69) is 6.07 Å². The Bertz CT molecular complexity index is 356. The van der Waals surface area contributed by atoms with Crippen molar-refractivity contribution in [2.45, 2.75) is 0 Å². The molecule has 0 amide bonds. The molecule has 0 aliphatic carbocycles. The fourth-order valence-electron chi connectivity index (χ4n) is 1.29. The lowest BCUT2D eigenvalue weighted by molar-refractivity contribution is 0.217. The van der Waals surface area contributed by atoms with E-state index in [1.165, 1.54) is 0 Å². The van der Waals surface area contributed by atoms with Crippen LogP contribution in [0.1, 0.15) is 0 Å². The van der Waals surface area contributed by atoms with Crippen LogP contribution in [0.3, 0.4) is 0 Å². The lowest BCUT2D eigenvalue weighted by Gasteiger charge is -2.07. The van der Waals surface area contributed by atoms with Crippen LogP contribution >= 0.6 is 0 Å². The van der Waals surface area contributed by atoms with Gasteiger partial charge in [0.2, 0.25) is 0 Å². The summed E-state index contributed by atoms with van der Waals surface area (Å²) in [6, 6.07) is 20.2. The van der Waals surface area contributed by atoms with E-state index in [9.17, 15) is 0 Å². The first kappa shape index (κ1) is 10.6. The third-order valence-electron chi connectivity index (χ3n) is 2.03. The molecule has 2 aromatic carbocycles. The number of para-hydroxylation sites is 2. The predicted molar refractivity (Wildman–Crippen MR) is 62.7 cm³/mol. The predicted octanol–water partition coefficient (Wildman–Crippen LogP) is 2.94. The van der Waals surface area contributed by atoms with Crippen molar-refractivity contribution >= 4 is 0 Å². The van der Waals surface area contributed by atoms with Gasteiger partial charge < -0.3 is 9.47 Å². The van der Waals surface area contributed by atoms with Crippen LogP contribution in [0.4, 0.5) is 0 Å². The summed E-state index contributed by atoms with van der Waals surface area (Å²) in [6.07, 6.45) is 0. The van der Waals surface area contributed by atoms with Crippen molar-refractivity contribution in [2.75, 3.05) is 13.2 Å². The van der Waals surface area contributed by atoms with Gasteiger partial charge in [-0.25, -0.2) is 0 Å². The molecule has 0 N–H and O–H groups in total. The zero-order valence-corrected chi connectivity index (χ0v) is 8.93. The Hall–Kier alpha value is -1.96. The van der Waals surface area contributed by atoms with Crippen LogP contribution in [0.15, 0.2) is 54.6 Å². The SMILES string of the molecule is [c]1ccccc1OCCOc1ccccc1. The summed E-state index contributed by atoms with van der Waals surface area (Å²) in [7, 11) is 0. The van der Waals surface area contributed by atoms with Crippen LogP contribution in [-0.4, -0.2) is 13.2 Å². The molecule has 0 aromatic heterocycles. The average Bonchev–Trinajstić information content (AvgIpc) is 2.37. The second-order valence-electron chi connectivity index (χ2n) is 3.24. The highest BCUT2D eigenvalue weighted by atomic mass is 16.5. The molecule has 0 spiro atoms. The third-order valence-corrected chi connectivity index (χ3v) is 2.03. The minimum Gasteiger partial charge on any atom is -0.490 e. The summed E-state index contributed by atoms with van der Waals surface area (Å²) in [5, 5.41) is 0. The number of rotatable bonds is 5. The van der Waals surface area contributed by atoms with Crippen molar-refractivity contribution in [2.24, 2.45) is 0 Å². The second kappa shape index (κ2) is 5.81. The monoisotopic (exact) mass is 213 g/mol. The van der Waals surface area contributed by atoms with Crippen LogP contribution < -0.4 is 9.47 Å². The van der Waals surface area contributed by atoms with Crippen molar-refractivity contribution in [1.82, 2.24) is 0 Å². The minimum atomic E-state index is 0.523. The minimum absolute atomic E-state index is 0.523. The summed E-state index contributed by atoms with van der Waals surface area (Å²) in [5.74, 6) is 1.61. The summed E-state index contributed by atoms with van der Waals surface area (Å²) in [5.41, 5.74) is 0. The molecule has 0 saturated carbocycles. The van der Waals surface area contributed by atoms with Crippen molar-refractivity contribution in [3.8, 4) is 11.5 Å². The van der Waals surface area contributed by atoms with Crippen molar-refractivity contribution in [1.29, 1.82) is 0 Å². The zero-order valence-electron chi connectivity index (χ0n) is 8.93. The van der Waals surface area contributed by atoms with E-state index >= 15 is 0 Å². The van der Waals surface area contributed by atoms with Gasteiger partial charge >= 0.3 is 0 Å². The highest BCUT2D eigenvalue weighted by molar-refractivity contribution is 5.21. The molecule has 2 heteroatoms. The van der Waals surface area contributed by atoms with Gasteiger partial charge in [-0.15, -0.1) is 0 Å². The maximum Gasteiger partial charge on any atom is 0.127 e. The molecule has 2 rings (SSSR count). The molecule has 81 valence electrons. The standard InChI is InChI=1S/C14H13O2/c1-3-7-13(8-4-1)15-11-12-16-14-9-5-2-6-10-14/h1-9H,11-12H2. The van der Waals surface area contributed by atoms with Gasteiger partial charge in [0.05, 0.1) is 0 Å². The summed E-state index contributed by atoms with van der Waals surface area (Å²) >= 11 is 0. The van der Waals surface area contributed by atoms with Crippen molar-refractivity contribution in [3.05, 3.63) is 60.7 Å². The first-order valence-corrected chi connectivity index (χ1v) is 5.22. The Morgan fingerprint density at radius 1 is 0.812 bits per heavy atom. The summed E-state index contributed by atoms with van der Waals surface area (Å²) in [6.45, 7) is 1.06. The highest BCUT2D eigenvalue weighted by Crippen LogP contribution is 2.09. The molecular weight excluding hydrogens is 200 g/mol. The van der Waals surface area contributed by atoms with E-state index < -0.39 is 0 Å². The molecule has 1 radical (unpaired) electrons. The van der Waals surface area contributed by atoms with Gasteiger partial charge in [-0.2, -0.15) is 0 Å². The highest BCUT2D eigenvalue weighted by Gasteiger charge is 1.93. The molecule has 0 saturated heterocycles. The topological polar surface area (TPSA) is 18.5 Å². The normalized spacial score (nSPS) is 9.75. The average molecular weight is 213 g/mol. The molecular formula is C14H13O2. The van der Waals surface area contributed by atoms with Crippen LogP contribution in [0.25, 0.3) is 0 Å². The zero-order chi connectivity index (χ0) is 11.1. The van der Waals surface area contributed by atoms with Gasteiger partial charge in [0, 0.05) is 6.07 Å². The molecule has 0 heterocycles. The number of hydrogen-bond donors (Lipinski definition) is 0. The summed E-state index contributed by atoms with van der Waals surface area (Å²) < 4.78 is 10.9. The van der Waals surface area contributed by atoms with Gasteiger partial charge in [0.1, 0.15) is 24.7 Å². The smallest absolute Gasteiger partial charge is 0.127 e. The van der Waals surface area contributed by atoms with Crippen LogP contribution in [0.5, 0.6) is 11.5 Å². The Labute approximate surface area is 95.4 Å². The molecule has 16 heavy (non-hydrogen) atoms. The van der Waals surface area contributed by atoms with Gasteiger partial charge in [0.15, 0.2) is 0 Å². The molecule has 0 unspecified atom stereocenters. The molecule has 0 atom stereocenters. The van der Waals surface area contributed by atoms with E-state index in [1.54, 1.807) is 0 Å². The van der Waals surface area contributed by atoms with E-state index in [0.29, 0.717) is 13.2 Å². The van der Waals surface area contributed by atoms with Crippen LogP contribution in [0.2, 0.25) is 0 Å². The van der Waals surface area contributed by atoms with Crippen LogP contribution in [-0.2, 0) is 0 Å². The van der Waals surface area contributed by atoms with Crippen molar-refractivity contribution < 1.29 is 9.47 Å². The Kier molecular flexibility index (Phi) is 3.83. The van der Waals surface area contributed by atoms with E-state index in [-0.39, 0.29) is 0 Å². The molecule has 0 bridgehead atoms. The fraction of sp³-hybridized carbons (Fsp3) is 0.143. The first-order valence-electron chi connectivity index (χ1n) is 5.22. The Morgan fingerprint density at radius 3 is 2.31 bits per heavy atom. The van der Waals surface area contributed by atoms with Crippen LogP contribution in [0, 0.1) is 6.07 Å². The fourth-order valence-corrected chi connectivity index (χ4v) is 1.29. The Morgan fingerprint density at radius 2 is 1.56 bits per heavy atom. The lowest BCUT2D eigenvalue weighted by atomic mass is 10.3. The summed E-state index contributed by atoms with van der Waals surface area (Å²) in [4.78, 5) is 0. The van der Waals surface area contributed by atoms with Gasteiger partial charge in [-0.1, -0.05) is 36.4 Å². The number of ether oxygens (including phenoxy) is 2. The maximum absolute atomic E-state index is 5.49. The number of hydrogen-bond acceptors (Lipinski definition) is 2. The molecule has 0 aliphatic heterocycles. The van der Waals surface area contributed by atoms with E-state index in [4.69, 9.17) is 9.47 Å². The molecule has 0 aliphatic rings. The largest absolute Gasteiger partial charge is 0.490 e. The molecule has 2 nitrogen and oxygen atoms in total. The van der Waals surface area contributed by atoms with Gasteiger partial charge in [0.25, 0.3) is 0 Å². The second-order valence-corrected chi connectivity index (χ2v) is 3.24. The molecule has 0 fully saturated rings. The van der Waals surface area contributed by atoms with E-state index in [1.807, 2.05) is 54.6 Å². The first-order chi connectivity index (χ1) is 7.95. The maximum atomic E-state index is 5.49.